The van der Waals surface area contributed by atoms with Crippen LogP contribution in [0.2, 0.25) is 0 Å². The van der Waals surface area contributed by atoms with Crippen LogP contribution < -0.4 is 10.0 Å². The number of nitrogens with zero attached hydrogens (tertiary/aromatic N) is 2. The Morgan fingerprint density at radius 1 is 1.04 bits per heavy atom. The van der Waals surface area contributed by atoms with Crippen molar-refractivity contribution in [2.75, 3.05) is 30.3 Å². The number of nitrogens with one attached hydrogen (secondary N) is 2. The Labute approximate surface area is 142 Å². The van der Waals surface area contributed by atoms with Gasteiger partial charge in [0.2, 0.25) is 0 Å². The van der Waals surface area contributed by atoms with E-state index in [1.54, 1.807) is 31.4 Å². The van der Waals surface area contributed by atoms with Crippen LogP contribution in [0, 0.1) is 0 Å². The van der Waals surface area contributed by atoms with Crippen molar-refractivity contribution in [2.45, 2.75) is 24.7 Å². The molecule has 0 atom stereocenters. The van der Waals surface area contributed by atoms with Gasteiger partial charge in [-0.2, -0.15) is 0 Å². The number of anilines is 2. The average molecular weight is 350 g/mol. The predicted molar refractivity (Wildman–Crippen MR) is 93.7 cm³/mol. The number of benzene rings is 1. The smallest absolute Gasteiger partial charge is 0.263 e. The SMILES string of the molecule is COCCNc1ccc(NS(=O)(=O)c2ccc(C(C)C)cc2)nn1. The van der Waals surface area contributed by atoms with Gasteiger partial charge in [0.15, 0.2) is 5.82 Å². The van der Waals surface area contributed by atoms with Crippen molar-refractivity contribution in [2.24, 2.45) is 0 Å². The number of rotatable bonds is 8. The molecule has 0 spiro atoms. The zero-order valence-electron chi connectivity index (χ0n) is 14.0. The lowest BCUT2D eigenvalue weighted by molar-refractivity contribution is 0.210. The highest BCUT2D eigenvalue weighted by Gasteiger charge is 2.15. The van der Waals surface area contributed by atoms with E-state index in [9.17, 15) is 8.42 Å². The van der Waals surface area contributed by atoms with E-state index in [-0.39, 0.29) is 10.7 Å². The summed E-state index contributed by atoms with van der Waals surface area (Å²) < 4.78 is 32.1. The summed E-state index contributed by atoms with van der Waals surface area (Å²) >= 11 is 0. The minimum Gasteiger partial charge on any atom is -0.383 e. The number of hydrogen-bond donors (Lipinski definition) is 2. The molecule has 1 aromatic heterocycles. The van der Waals surface area contributed by atoms with Gasteiger partial charge in [-0.05, 0) is 35.7 Å². The van der Waals surface area contributed by atoms with Crippen molar-refractivity contribution in [1.82, 2.24) is 10.2 Å². The van der Waals surface area contributed by atoms with Crippen molar-refractivity contribution in [3.05, 3.63) is 42.0 Å². The maximum absolute atomic E-state index is 12.4. The molecular weight excluding hydrogens is 328 g/mol. The summed E-state index contributed by atoms with van der Waals surface area (Å²) in [5.41, 5.74) is 1.08. The highest BCUT2D eigenvalue weighted by molar-refractivity contribution is 7.92. The van der Waals surface area contributed by atoms with E-state index < -0.39 is 10.0 Å². The molecular formula is C16H22N4O3S. The van der Waals surface area contributed by atoms with E-state index in [1.165, 1.54) is 0 Å². The Morgan fingerprint density at radius 3 is 2.21 bits per heavy atom. The molecule has 0 radical (unpaired) electrons. The Balaban J connectivity index is 2.05. The van der Waals surface area contributed by atoms with Crippen molar-refractivity contribution < 1.29 is 13.2 Å². The molecule has 7 nitrogen and oxygen atoms in total. The third kappa shape index (κ3) is 4.90. The van der Waals surface area contributed by atoms with Crippen LogP contribution >= 0.6 is 0 Å². The fourth-order valence-electron chi connectivity index (χ4n) is 1.99. The summed E-state index contributed by atoms with van der Waals surface area (Å²) in [6.45, 7) is 5.25. The summed E-state index contributed by atoms with van der Waals surface area (Å²) in [5, 5.41) is 10.8. The van der Waals surface area contributed by atoms with Crippen molar-refractivity contribution in [1.29, 1.82) is 0 Å². The summed E-state index contributed by atoms with van der Waals surface area (Å²) in [6, 6.07) is 10.0. The van der Waals surface area contributed by atoms with Crippen molar-refractivity contribution in [3.8, 4) is 0 Å². The van der Waals surface area contributed by atoms with E-state index in [4.69, 9.17) is 4.74 Å². The fourth-order valence-corrected chi connectivity index (χ4v) is 2.99. The van der Waals surface area contributed by atoms with Gasteiger partial charge >= 0.3 is 0 Å². The lowest BCUT2D eigenvalue weighted by Gasteiger charge is -2.10. The molecule has 0 aliphatic rings. The summed E-state index contributed by atoms with van der Waals surface area (Å²) in [5.74, 6) is 1.07. The normalized spacial score (nSPS) is 11.5. The molecule has 0 fully saturated rings. The number of aromatic nitrogens is 2. The molecule has 130 valence electrons. The number of methoxy groups -OCH3 is 1. The molecule has 2 rings (SSSR count). The standard InChI is InChI=1S/C16H22N4O3S/c1-12(2)13-4-6-14(7-5-13)24(21,22)20-16-9-8-15(18-19-16)17-10-11-23-3/h4-9,12H,10-11H2,1-3H3,(H,17,18)(H,19,20). The van der Waals surface area contributed by atoms with Crippen LogP contribution in [0.5, 0.6) is 0 Å². The van der Waals surface area contributed by atoms with Gasteiger partial charge in [-0.15, -0.1) is 10.2 Å². The maximum Gasteiger partial charge on any atom is 0.263 e. The Kier molecular flexibility index (Phi) is 6.10. The summed E-state index contributed by atoms with van der Waals surface area (Å²) in [7, 11) is -2.07. The third-order valence-corrected chi connectivity index (χ3v) is 4.74. The molecule has 2 N–H and O–H groups in total. The highest BCUT2D eigenvalue weighted by atomic mass is 32.2. The average Bonchev–Trinajstić information content (AvgIpc) is 2.56. The predicted octanol–water partition coefficient (Wildman–Crippen LogP) is 2.46. The van der Waals surface area contributed by atoms with Gasteiger partial charge in [-0.3, -0.25) is 4.72 Å². The Hall–Kier alpha value is -2.19. The second kappa shape index (κ2) is 8.07. The summed E-state index contributed by atoms with van der Waals surface area (Å²) in [4.78, 5) is 0.191. The number of hydrogen-bond acceptors (Lipinski definition) is 6. The largest absolute Gasteiger partial charge is 0.383 e. The molecule has 8 heteroatoms. The van der Waals surface area contributed by atoms with Crippen LogP contribution in [0.4, 0.5) is 11.6 Å². The maximum atomic E-state index is 12.4. The van der Waals surface area contributed by atoms with E-state index in [0.717, 1.165) is 5.56 Å². The lowest BCUT2D eigenvalue weighted by Crippen LogP contribution is -2.15. The minimum absolute atomic E-state index is 0.167. The van der Waals surface area contributed by atoms with E-state index in [1.807, 2.05) is 12.1 Å². The van der Waals surface area contributed by atoms with Crippen LogP contribution in [-0.4, -0.2) is 38.9 Å². The number of sulfonamides is 1. The molecule has 0 saturated carbocycles. The Bertz CT molecular complexity index is 744. The molecule has 2 aromatic rings. The second-order valence-electron chi connectivity index (χ2n) is 5.55. The highest BCUT2D eigenvalue weighted by Crippen LogP contribution is 2.19. The Morgan fingerprint density at radius 2 is 1.67 bits per heavy atom. The molecule has 0 amide bonds. The van der Waals surface area contributed by atoms with Crippen LogP contribution in [0.15, 0.2) is 41.3 Å². The zero-order chi connectivity index (χ0) is 17.6. The van der Waals surface area contributed by atoms with Crippen molar-refractivity contribution in [3.63, 3.8) is 0 Å². The molecule has 0 aliphatic heterocycles. The van der Waals surface area contributed by atoms with Gasteiger partial charge < -0.3 is 10.1 Å². The molecule has 0 unspecified atom stereocenters. The van der Waals surface area contributed by atoms with E-state index >= 15 is 0 Å². The lowest BCUT2D eigenvalue weighted by atomic mass is 10.0. The fraction of sp³-hybridized carbons (Fsp3) is 0.375. The summed E-state index contributed by atoms with van der Waals surface area (Å²) in [6.07, 6.45) is 0. The molecule has 0 aliphatic carbocycles. The van der Waals surface area contributed by atoms with Crippen LogP contribution in [0.1, 0.15) is 25.3 Å². The first-order valence-electron chi connectivity index (χ1n) is 7.61. The van der Waals surface area contributed by atoms with Gasteiger partial charge in [0.1, 0.15) is 5.82 Å². The first kappa shape index (κ1) is 18.2. The van der Waals surface area contributed by atoms with Gasteiger partial charge in [-0.1, -0.05) is 26.0 Å². The second-order valence-corrected chi connectivity index (χ2v) is 7.24. The molecule has 1 aromatic carbocycles. The molecule has 24 heavy (non-hydrogen) atoms. The van der Waals surface area contributed by atoms with Crippen LogP contribution in [0.25, 0.3) is 0 Å². The van der Waals surface area contributed by atoms with Gasteiger partial charge in [0, 0.05) is 13.7 Å². The van der Waals surface area contributed by atoms with Gasteiger partial charge in [0.05, 0.1) is 11.5 Å². The quantitative estimate of drug-likeness (QED) is 0.711. The molecule has 1 heterocycles. The first-order chi connectivity index (χ1) is 11.4. The van der Waals surface area contributed by atoms with Gasteiger partial charge in [-0.25, -0.2) is 8.42 Å². The van der Waals surface area contributed by atoms with Crippen LogP contribution in [-0.2, 0) is 14.8 Å². The van der Waals surface area contributed by atoms with E-state index in [2.05, 4.69) is 34.1 Å². The number of ether oxygens (including phenoxy) is 1. The molecule has 0 bridgehead atoms. The van der Waals surface area contributed by atoms with Gasteiger partial charge in [0.25, 0.3) is 10.0 Å². The van der Waals surface area contributed by atoms with Crippen LogP contribution in [0.3, 0.4) is 0 Å². The third-order valence-electron chi connectivity index (χ3n) is 3.37. The minimum atomic E-state index is -3.68. The van der Waals surface area contributed by atoms with E-state index in [0.29, 0.717) is 24.9 Å². The monoisotopic (exact) mass is 350 g/mol. The molecule has 0 saturated heterocycles. The topological polar surface area (TPSA) is 93.2 Å². The zero-order valence-corrected chi connectivity index (χ0v) is 14.8. The van der Waals surface area contributed by atoms with Crippen molar-refractivity contribution >= 4 is 21.7 Å². The first-order valence-corrected chi connectivity index (χ1v) is 9.10.